The molecule has 0 radical (unpaired) electrons. The molecule has 4 rings (SSSR count). The Hall–Kier alpha value is -3.10. The van der Waals surface area contributed by atoms with Crippen LogP contribution in [0.1, 0.15) is 77.2 Å². The minimum absolute atomic E-state index is 0.0100. The number of esters is 1. The van der Waals surface area contributed by atoms with E-state index in [1.165, 1.54) is 6.42 Å². The number of hydrogen-bond donors (Lipinski definition) is 1. The first-order valence-corrected chi connectivity index (χ1v) is 12.8. The van der Waals surface area contributed by atoms with Crippen molar-refractivity contribution in [2.24, 2.45) is 4.99 Å². The smallest absolute Gasteiger partial charge is 0.307 e. The average Bonchev–Trinajstić information content (AvgIpc) is 3.19. The van der Waals surface area contributed by atoms with E-state index in [2.05, 4.69) is 10.3 Å². The average molecular weight is 485 g/mol. The van der Waals surface area contributed by atoms with E-state index < -0.39 is 6.23 Å². The molecule has 190 valence electrons. The van der Waals surface area contributed by atoms with Gasteiger partial charge in [-0.3, -0.25) is 19.7 Å². The van der Waals surface area contributed by atoms with Gasteiger partial charge in [-0.15, -0.1) is 0 Å². The summed E-state index contributed by atoms with van der Waals surface area (Å²) in [6.07, 6.45) is 6.74. The molecule has 1 atom stereocenters. The molecule has 9 heteroatoms. The van der Waals surface area contributed by atoms with Gasteiger partial charge in [-0.1, -0.05) is 26.2 Å². The van der Waals surface area contributed by atoms with E-state index in [0.29, 0.717) is 44.9 Å². The molecule has 2 heterocycles. The predicted molar refractivity (Wildman–Crippen MR) is 131 cm³/mol. The molecule has 9 nitrogen and oxygen atoms in total. The lowest BCUT2D eigenvalue weighted by Crippen LogP contribution is -2.48. The summed E-state index contributed by atoms with van der Waals surface area (Å²) in [5.74, 6) is 1.03. The summed E-state index contributed by atoms with van der Waals surface area (Å²) in [5, 5.41) is 2.76. The Bertz CT molecular complexity index is 972. The number of carbonyl (C=O) groups excluding carboxylic acids is 3. The second-order valence-electron chi connectivity index (χ2n) is 9.51. The topological polar surface area (TPSA) is 101 Å². The summed E-state index contributed by atoms with van der Waals surface area (Å²) >= 11 is 0. The molecule has 35 heavy (non-hydrogen) atoms. The number of aliphatic imine (C=N–C) groups is 1. The summed E-state index contributed by atoms with van der Waals surface area (Å²) in [6.45, 7) is 5.07. The standard InChI is InChI=1S/C26H36N4O5/c1-3-8-25(33)35-18(2)30(20-9-5-4-6-10-20)24(32)11-7-14-34-21-12-13-22-19(15-21)16-29-17-23(31)28-26(29)27-22/h12-13,15,18,20H,3-11,14,16-17H2,1-2H3,(H,27,28,31). The van der Waals surface area contributed by atoms with Gasteiger partial charge in [-0.05, 0) is 50.8 Å². The second-order valence-corrected chi connectivity index (χ2v) is 9.51. The molecule has 1 aromatic carbocycles. The van der Waals surface area contributed by atoms with E-state index in [-0.39, 0.29) is 23.8 Å². The van der Waals surface area contributed by atoms with Crippen molar-refractivity contribution < 1.29 is 23.9 Å². The number of hydrogen-bond acceptors (Lipinski definition) is 7. The van der Waals surface area contributed by atoms with Gasteiger partial charge in [0, 0.05) is 31.0 Å². The number of guanidine groups is 1. The summed E-state index contributed by atoms with van der Waals surface area (Å²) in [6, 6.07) is 5.83. The van der Waals surface area contributed by atoms with Gasteiger partial charge in [-0.25, -0.2) is 4.99 Å². The Morgan fingerprint density at radius 2 is 2.00 bits per heavy atom. The van der Waals surface area contributed by atoms with Gasteiger partial charge < -0.3 is 19.3 Å². The number of carbonyl (C=O) groups is 3. The van der Waals surface area contributed by atoms with E-state index >= 15 is 0 Å². The second kappa shape index (κ2) is 11.6. The van der Waals surface area contributed by atoms with Gasteiger partial charge in [0.25, 0.3) is 0 Å². The van der Waals surface area contributed by atoms with Crippen LogP contribution in [0.4, 0.5) is 5.69 Å². The van der Waals surface area contributed by atoms with Crippen molar-refractivity contribution in [2.75, 3.05) is 13.2 Å². The predicted octanol–water partition coefficient (Wildman–Crippen LogP) is 3.63. The molecule has 1 saturated heterocycles. The van der Waals surface area contributed by atoms with Crippen molar-refractivity contribution in [1.82, 2.24) is 15.1 Å². The van der Waals surface area contributed by atoms with E-state index in [4.69, 9.17) is 9.47 Å². The molecule has 1 aliphatic carbocycles. The van der Waals surface area contributed by atoms with Crippen LogP contribution in [0.5, 0.6) is 5.75 Å². The fourth-order valence-corrected chi connectivity index (χ4v) is 5.04. The van der Waals surface area contributed by atoms with Gasteiger partial charge in [0.1, 0.15) is 12.3 Å². The summed E-state index contributed by atoms with van der Waals surface area (Å²) in [7, 11) is 0. The van der Waals surface area contributed by atoms with Gasteiger partial charge >= 0.3 is 5.97 Å². The van der Waals surface area contributed by atoms with Crippen molar-refractivity contribution in [3.63, 3.8) is 0 Å². The number of nitrogens with zero attached hydrogens (tertiary/aromatic N) is 3. The Morgan fingerprint density at radius 3 is 2.77 bits per heavy atom. The maximum absolute atomic E-state index is 13.2. The Kier molecular flexibility index (Phi) is 8.25. The van der Waals surface area contributed by atoms with Gasteiger partial charge in [0.05, 0.1) is 12.3 Å². The van der Waals surface area contributed by atoms with Crippen molar-refractivity contribution in [1.29, 1.82) is 0 Å². The van der Waals surface area contributed by atoms with Gasteiger partial charge in [0.2, 0.25) is 17.8 Å². The van der Waals surface area contributed by atoms with Crippen molar-refractivity contribution in [2.45, 2.75) is 90.4 Å². The minimum atomic E-state index is -0.552. The Labute approximate surface area is 206 Å². The van der Waals surface area contributed by atoms with Crippen LogP contribution in [0.25, 0.3) is 0 Å². The van der Waals surface area contributed by atoms with Crippen LogP contribution in [0.2, 0.25) is 0 Å². The lowest BCUT2D eigenvalue weighted by molar-refractivity contribution is -0.167. The van der Waals surface area contributed by atoms with Crippen LogP contribution < -0.4 is 10.1 Å². The highest BCUT2D eigenvalue weighted by atomic mass is 16.6. The number of amides is 2. The molecule has 2 fully saturated rings. The molecule has 1 saturated carbocycles. The first kappa shape index (κ1) is 25.0. The largest absolute Gasteiger partial charge is 0.494 e. The first-order valence-electron chi connectivity index (χ1n) is 12.8. The zero-order valence-electron chi connectivity index (χ0n) is 20.8. The number of benzene rings is 1. The Balaban J connectivity index is 1.29. The third-order valence-electron chi connectivity index (χ3n) is 6.73. The molecule has 0 spiro atoms. The molecule has 0 bridgehead atoms. The number of rotatable bonds is 10. The zero-order valence-corrected chi connectivity index (χ0v) is 20.8. The highest BCUT2D eigenvalue weighted by molar-refractivity contribution is 6.05. The molecule has 3 aliphatic rings. The van der Waals surface area contributed by atoms with Gasteiger partial charge in [-0.2, -0.15) is 0 Å². The summed E-state index contributed by atoms with van der Waals surface area (Å²) < 4.78 is 11.5. The first-order chi connectivity index (χ1) is 16.9. The summed E-state index contributed by atoms with van der Waals surface area (Å²) in [5.41, 5.74) is 1.83. The molecule has 0 aromatic heterocycles. The molecule has 2 aliphatic heterocycles. The van der Waals surface area contributed by atoms with Gasteiger partial charge in [0.15, 0.2) is 6.23 Å². The molecule has 1 unspecified atom stereocenters. The number of ether oxygens (including phenoxy) is 2. The minimum Gasteiger partial charge on any atom is -0.494 e. The maximum Gasteiger partial charge on any atom is 0.307 e. The molecular weight excluding hydrogens is 448 g/mol. The van der Waals surface area contributed by atoms with E-state index in [1.807, 2.05) is 30.0 Å². The van der Waals surface area contributed by atoms with Crippen LogP contribution in [0.3, 0.4) is 0 Å². The van der Waals surface area contributed by atoms with Crippen LogP contribution in [0, 0.1) is 0 Å². The maximum atomic E-state index is 13.2. The van der Waals surface area contributed by atoms with Crippen LogP contribution in [0.15, 0.2) is 23.2 Å². The van der Waals surface area contributed by atoms with Crippen molar-refractivity contribution in [3.05, 3.63) is 23.8 Å². The fourth-order valence-electron chi connectivity index (χ4n) is 5.04. The number of fused-ring (bicyclic) bond motifs is 2. The fraction of sp³-hybridized carbons (Fsp3) is 0.615. The highest BCUT2D eigenvalue weighted by Crippen LogP contribution is 2.30. The third kappa shape index (κ3) is 6.32. The monoisotopic (exact) mass is 484 g/mol. The highest BCUT2D eigenvalue weighted by Gasteiger charge is 2.31. The van der Waals surface area contributed by atoms with Crippen LogP contribution in [-0.2, 0) is 25.7 Å². The molecule has 1 N–H and O–H groups in total. The Morgan fingerprint density at radius 1 is 1.20 bits per heavy atom. The number of nitrogens with one attached hydrogen (secondary N) is 1. The summed E-state index contributed by atoms with van der Waals surface area (Å²) in [4.78, 5) is 45.1. The van der Waals surface area contributed by atoms with E-state index in [9.17, 15) is 14.4 Å². The quantitative estimate of drug-likeness (QED) is 0.309. The molecular formula is C26H36N4O5. The molecule has 1 aromatic rings. The van der Waals surface area contributed by atoms with Crippen molar-refractivity contribution >= 4 is 29.4 Å². The van der Waals surface area contributed by atoms with Crippen LogP contribution >= 0.6 is 0 Å². The normalized spacial score (nSPS) is 18.2. The molecule has 2 amide bonds. The van der Waals surface area contributed by atoms with Crippen LogP contribution in [-0.4, -0.2) is 59.0 Å². The lowest BCUT2D eigenvalue weighted by Gasteiger charge is -2.38. The van der Waals surface area contributed by atoms with Crippen molar-refractivity contribution in [3.8, 4) is 5.75 Å². The SMILES string of the molecule is CCCC(=O)OC(C)N(C(=O)CCCOc1ccc2c(c1)CN1CC(=O)NC1=N2)C1CCCCC1. The third-order valence-corrected chi connectivity index (χ3v) is 6.73. The van der Waals surface area contributed by atoms with E-state index in [0.717, 1.165) is 49.1 Å². The lowest BCUT2D eigenvalue weighted by atomic mass is 9.93. The zero-order chi connectivity index (χ0) is 24.8. The van der Waals surface area contributed by atoms with E-state index in [1.54, 1.807) is 11.8 Å².